The third-order valence-electron chi connectivity index (χ3n) is 5.22. The lowest BCUT2D eigenvalue weighted by atomic mass is 9.95. The SMILES string of the molecule is COc1ccccc1C=CC1CCN(C(=O)CN(C(C)C)C(C)C)CC1. The fraction of sp³-hybridized carbons (Fsp3) is 0.591. The summed E-state index contributed by atoms with van der Waals surface area (Å²) < 4.78 is 5.40. The van der Waals surface area contributed by atoms with Gasteiger partial charge in [0.25, 0.3) is 0 Å². The second-order valence-electron chi connectivity index (χ2n) is 7.68. The van der Waals surface area contributed by atoms with Crippen molar-refractivity contribution in [2.75, 3.05) is 26.7 Å². The van der Waals surface area contributed by atoms with E-state index in [0.717, 1.165) is 37.2 Å². The zero-order chi connectivity index (χ0) is 19.1. The highest BCUT2D eigenvalue weighted by atomic mass is 16.5. The fourth-order valence-electron chi connectivity index (χ4n) is 3.60. The number of allylic oxidation sites excluding steroid dienone is 1. The van der Waals surface area contributed by atoms with Crippen molar-refractivity contribution in [3.63, 3.8) is 0 Å². The molecule has 2 rings (SSSR count). The molecule has 1 saturated heterocycles. The van der Waals surface area contributed by atoms with Gasteiger partial charge in [0.2, 0.25) is 5.91 Å². The number of nitrogens with zero attached hydrogens (tertiary/aromatic N) is 2. The Hall–Kier alpha value is -1.81. The summed E-state index contributed by atoms with van der Waals surface area (Å²) in [5, 5.41) is 0. The van der Waals surface area contributed by atoms with Crippen molar-refractivity contribution in [1.82, 2.24) is 9.80 Å². The van der Waals surface area contributed by atoms with E-state index in [1.807, 2.05) is 23.1 Å². The molecule has 0 saturated carbocycles. The molecule has 1 heterocycles. The van der Waals surface area contributed by atoms with E-state index in [4.69, 9.17) is 4.74 Å². The molecule has 0 aromatic heterocycles. The van der Waals surface area contributed by atoms with E-state index in [2.05, 4.69) is 50.8 Å². The molecule has 1 aromatic rings. The highest BCUT2D eigenvalue weighted by Crippen LogP contribution is 2.23. The Morgan fingerprint density at radius 1 is 1.19 bits per heavy atom. The Balaban J connectivity index is 1.86. The molecule has 0 spiro atoms. The highest BCUT2D eigenvalue weighted by molar-refractivity contribution is 5.78. The summed E-state index contributed by atoms with van der Waals surface area (Å²) in [7, 11) is 1.70. The third-order valence-corrected chi connectivity index (χ3v) is 5.22. The Morgan fingerprint density at radius 3 is 2.38 bits per heavy atom. The molecule has 1 fully saturated rings. The van der Waals surface area contributed by atoms with Crippen molar-refractivity contribution in [3.8, 4) is 5.75 Å². The van der Waals surface area contributed by atoms with Crippen molar-refractivity contribution in [2.24, 2.45) is 5.92 Å². The molecular weight excluding hydrogens is 324 g/mol. The minimum absolute atomic E-state index is 0.263. The van der Waals surface area contributed by atoms with Gasteiger partial charge in [0.15, 0.2) is 0 Å². The van der Waals surface area contributed by atoms with E-state index in [9.17, 15) is 4.79 Å². The molecule has 0 radical (unpaired) electrons. The second-order valence-corrected chi connectivity index (χ2v) is 7.68. The number of para-hydroxylation sites is 1. The monoisotopic (exact) mass is 358 g/mol. The lowest BCUT2D eigenvalue weighted by Gasteiger charge is -2.35. The molecule has 0 aliphatic carbocycles. The van der Waals surface area contributed by atoms with Crippen LogP contribution in [0.4, 0.5) is 0 Å². The quantitative estimate of drug-likeness (QED) is 0.737. The number of ether oxygens (including phenoxy) is 1. The van der Waals surface area contributed by atoms with Gasteiger partial charge < -0.3 is 9.64 Å². The molecule has 1 aliphatic rings. The Labute approximate surface area is 158 Å². The van der Waals surface area contributed by atoms with E-state index >= 15 is 0 Å². The van der Waals surface area contributed by atoms with Crippen LogP contribution in [0.1, 0.15) is 46.1 Å². The maximum Gasteiger partial charge on any atom is 0.236 e. The van der Waals surface area contributed by atoms with Gasteiger partial charge in [-0.05, 0) is 52.5 Å². The third kappa shape index (κ3) is 5.60. The van der Waals surface area contributed by atoms with Crippen molar-refractivity contribution in [2.45, 2.75) is 52.6 Å². The molecular formula is C22H34N2O2. The predicted octanol–water partition coefficient (Wildman–Crippen LogP) is 4.07. The van der Waals surface area contributed by atoms with Gasteiger partial charge in [0.1, 0.15) is 5.75 Å². The van der Waals surface area contributed by atoms with Crippen molar-refractivity contribution in [1.29, 1.82) is 0 Å². The number of methoxy groups -OCH3 is 1. The minimum Gasteiger partial charge on any atom is -0.496 e. The van der Waals surface area contributed by atoms with Gasteiger partial charge in [0.05, 0.1) is 13.7 Å². The number of hydrogen-bond donors (Lipinski definition) is 0. The zero-order valence-corrected chi connectivity index (χ0v) is 16.9. The van der Waals surface area contributed by atoms with Gasteiger partial charge in [-0.3, -0.25) is 9.69 Å². The van der Waals surface area contributed by atoms with Gasteiger partial charge in [-0.2, -0.15) is 0 Å². The molecule has 26 heavy (non-hydrogen) atoms. The number of piperidine rings is 1. The first-order chi connectivity index (χ1) is 12.4. The van der Waals surface area contributed by atoms with Crippen LogP contribution in [0.25, 0.3) is 6.08 Å². The van der Waals surface area contributed by atoms with Gasteiger partial charge in [0, 0.05) is 30.7 Å². The van der Waals surface area contributed by atoms with Gasteiger partial charge in [-0.15, -0.1) is 0 Å². The Kier molecular flexibility index (Phi) is 7.70. The Bertz CT molecular complexity index is 594. The molecule has 0 bridgehead atoms. The lowest BCUT2D eigenvalue weighted by Crippen LogP contribution is -2.47. The smallest absolute Gasteiger partial charge is 0.236 e. The summed E-state index contributed by atoms with van der Waals surface area (Å²) in [5.41, 5.74) is 1.11. The molecule has 1 aromatic carbocycles. The normalized spacial score (nSPS) is 16.2. The van der Waals surface area contributed by atoms with Crippen molar-refractivity contribution >= 4 is 12.0 Å². The molecule has 1 aliphatic heterocycles. The van der Waals surface area contributed by atoms with Crippen LogP contribution in [0.2, 0.25) is 0 Å². The second kappa shape index (κ2) is 9.77. The van der Waals surface area contributed by atoms with E-state index in [-0.39, 0.29) is 5.91 Å². The summed E-state index contributed by atoms with van der Waals surface area (Å²) in [6.07, 6.45) is 6.48. The molecule has 0 unspecified atom stereocenters. The van der Waals surface area contributed by atoms with Crippen molar-refractivity contribution in [3.05, 3.63) is 35.9 Å². The van der Waals surface area contributed by atoms with Crippen LogP contribution in [0.15, 0.2) is 30.3 Å². The number of benzene rings is 1. The first kappa shape index (κ1) is 20.5. The molecule has 4 nitrogen and oxygen atoms in total. The lowest BCUT2D eigenvalue weighted by molar-refractivity contribution is -0.134. The zero-order valence-electron chi connectivity index (χ0n) is 16.9. The van der Waals surface area contributed by atoms with Crippen LogP contribution in [-0.4, -0.2) is 54.5 Å². The van der Waals surface area contributed by atoms with Gasteiger partial charge >= 0.3 is 0 Å². The Morgan fingerprint density at radius 2 is 1.81 bits per heavy atom. The van der Waals surface area contributed by atoms with Crippen LogP contribution in [0.5, 0.6) is 5.75 Å². The number of carbonyl (C=O) groups excluding carboxylic acids is 1. The van der Waals surface area contributed by atoms with E-state index in [1.54, 1.807) is 7.11 Å². The average Bonchev–Trinajstić information content (AvgIpc) is 2.64. The number of hydrogen-bond acceptors (Lipinski definition) is 3. The fourth-order valence-corrected chi connectivity index (χ4v) is 3.60. The number of carbonyl (C=O) groups is 1. The van der Waals surface area contributed by atoms with Gasteiger partial charge in [-0.25, -0.2) is 0 Å². The van der Waals surface area contributed by atoms with E-state index in [1.165, 1.54) is 0 Å². The summed E-state index contributed by atoms with van der Waals surface area (Å²) in [4.78, 5) is 16.9. The maximum atomic E-state index is 12.6. The molecule has 1 amide bonds. The summed E-state index contributed by atoms with van der Waals surface area (Å²) >= 11 is 0. The van der Waals surface area contributed by atoms with Crippen molar-refractivity contribution < 1.29 is 9.53 Å². The molecule has 4 heteroatoms. The van der Waals surface area contributed by atoms with Gasteiger partial charge in [-0.1, -0.05) is 30.4 Å². The maximum absolute atomic E-state index is 12.6. The van der Waals surface area contributed by atoms with Crippen LogP contribution in [0.3, 0.4) is 0 Å². The van der Waals surface area contributed by atoms with Crippen LogP contribution in [-0.2, 0) is 4.79 Å². The van der Waals surface area contributed by atoms with E-state index < -0.39 is 0 Å². The first-order valence-corrected chi connectivity index (χ1v) is 9.77. The number of amides is 1. The topological polar surface area (TPSA) is 32.8 Å². The number of likely N-dealkylation sites (tertiary alicyclic amines) is 1. The van der Waals surface area contributed by atoms with Crippen LogP contribution in [0, 0.1) is 5.92 Å². The standard InChI is InChI=1S/C22H34N2O2/c1-17(2)24(18(3)4)16-22(25)23-14-12-19(13-15-23)10-11-20-8-6-7-9-21(20)26-5/h6-11,17-19H,12-16H2,1-5H3. The summed E-state index contributed by atoms with van der Waals surface area (Å²) in [6.45, 7) is 10.8. The molecule has 0 N–H and O–H groups in total. The predicted molar refractivity (Wildman–Crippen MR) is 108 cm³/mol. The van der Waals surface area contributed by atoms with Crippen LogP contribution < -0.4 is 4.74 Å². The first-order valence-electron chi connectivity index (χ1n) is 9.77. The highest BCUT2D eigenvalue weighted by Gasteiger charge is 2.24. The van der Waals surface area contributed by atoms with Crippen LogP contribution >= 0.6 is 0 Å². The molecule has 144 valence electrons. The summed E-state index contributed by atoms with van der Waals surface area (Å²) in [5.74, 6) is 1.69. The summed E-state index contributed by atoms with van der Waals surface area (Å²) in [6, 6.07) is 8.84. The average molecular weight is 359 g/mol. The minimum atomic E-state index is 0.263. The number of rotatable bonds is 7. The molecule has 0 atom stereocenters. The van der Waals surface area contributed by atoms with E-state index in [0.29, 0.717) is 24.5 Å². The largest absolute Gasteiger partial charge is 0.496 e.